The van der Waals surface area contributed by atoms with Gasteiger partial charge in [0.2, 0.25) is 0 Å². The second-order valence-corrected chi connectivity index (χ2v) is 13.4. The molecular formula is C34H41N5O3. The quantitative estimate of drug-likeness (QED) is 0.334. The number of aliphatic hydroxyl groups is 1. The highest BCUT2D eigenvalue weighted by atomic mass is 16.5. The van der Waals surface area contributed by atoms with Crippen LogP contribution in [0.25, 0.3) is 33.5 Å². The predicted molar refractivity (Wildman–Crippen MR) is 164 cm³/mol. The Balaban J connectivity index is 1.21. The Hall–Kier alpha value is -3.36. The number of nitrogens with two attached hydrogens (primary N) is 1. The fourth-order valence-electron chi connectivity index (χ4n) is 8.14. The molecule has 0 radical (unpaired) electrons. The second kappa shape index (κ2) is 9.85. The summed E-state index contributed by atoms with van der Waals surface area (Å²) in [5.41, 5.74) is 12.4. The molecule has 3 aliphatic carbocycles. The molecule has 2 unspecified atom stereocenters. The minimum Gasteiger partial charge on any atom is -0.494 e. The van der Waals surface area contributed by atoms with Crippen molar-refractivity contribution >= 4 is 27.8 Å². The number of imidazole rings is 1. The number of ether oxygens (including phenoxy) is 1. The number of benzene rings is 2. The number of hydrogen-bond acceptors (Lipinski definition) is 5. The highest BCUT2D eigenvalue weighted by Gasteiger charge is 2.47. The van der Waals surface area contributed by atoms with Crippen molar-refractivity contribution in [2.24, 2.45) is 24.6 Å². The molecule has 3 N–H and O–H groups in total. The van der Waals surface area contributed by atoms with E-state index in [0.29, 0.717) is 29.1 Å². The molecule has 4 fully saturated rings. The maximum atomic E-state index is 13.7. The van der Waals surface area contributed by atoms with Gasteiger partial charge in [0.15, 0.2) is 5.82 Å². The number of fused-ring (bicyclic) bond motifs is 4. The molecule has 8 rings (SSSR count). The van der Waals surface area contributed by atoms with E-state index in [4.69, 9.17) is 15.5 Å². The smallest absolute Gasteiger partial charge is 0.254 e. The number of aliphatic hydroxyl groups excluding tert-OH is 1. The maximum Gasteiger partial charge on any atom is 0.254 e. The molecule has 3 heterocycles. The summed E-state index contributed by atoms with van der Waals surface area (Å²) in [6.07, 6.45) is 8.33. The number of hydrogen-bond donors (Lipinski definition) is 2. The Bertz CT molecular complexity index is 1690. The van der Waals surface area contributed by atoms with Crippen molar-refractivity contribution in [3.63, 3.8) is 0 Å². The number of carbonyl (C=O) groups excluding carboxylic acids is 1. The fourth-order valence-corrected chi connectivity index (χ4v) is 8.14. The lowest BCUT2D eigenvalue weighted by atomic mass is 9.82. The summed E-state index contributed by atoms with van der Waals surface area (Å²) in [5.74, 6) is 3.18. The fraction of sp³-hybridized carbons (Fsp3) is 0.529. The number of nitrogens with zero attached hydrogens (tertiary/aromatic N) is 4. The molecule has 8 heteroatoms. The molecule has 8 nitrogen and oxygen atoms in total. The van der Waals surface area contributed by atoms with Gasteiger partial charge in [0, 0.05) is 48.7 Å². The first-order valence-electron chi connectivity index (χ1n) is 15.8. The number of piperidine rings is 1. The average molecular weight is 568 g/mol. The van der Waals surface area contributed by atoms with E-state index in [2.05, 4.69) is 33.4 Å². The Labute approximate surface area is 246 Å². The van der Waals surface area contributed by atoms with E-state index in [0.717, 1.165) is 74.2 Å². The van der Waals surface area contributed by atoms with Crippen LogP contribution in [0.3, 0.4) is 0 Å². The van der Waals surface area contributed by atoms with Gasteiger partial charge in [-0.15, -0.1) is 0 Å². The van der Waals surface area contributed by atoms with Gasteiger partial charge in [0.25, 0.3) is 5.91 Å². The summed E-state index contributed by atoms with van der Waals surface area (Å²) in [7, 11) is 3.71. The molecule has 1 amide bonds. The first-order chi connectivity index (χ1) is 20.4. The van der Waals surface area contributed by atoms with E-state index < -0.39 is 0 Å². The zero-order valence-electron chi connectivity index (χ0n) is 24.6. The molecule has 42 heavy (non-hydrogen) atoms. The standard InChI is InChI=1S/C34H41N5O3/c1-37-32-26(13-24(16-30(32)42-2)34(41)39-18-23-9-12-27(39)31(23)35)36-33(37)29-15-22-6-5-21(20-7-10-25(40)11-8-20)14-28(22)38(29)17-19-3-4-19/h5-6,13-16,19-20,23,25,27,31,40H,3-4,7-12,17-18,35H2,1-2H3/t20?,23?,25?,27?,31-/m1/s1. The van der Waals surface area contributed by atoms with Crippen molar-refractivity contribution in [3.8, 4) is 17.3 Å². The second-order valence-electron chi connectivity index (χ2n) is 13.4. The molecule has 0 spiro atoms. The van der Waals surface area contributed by atoms with E-state index in [1.165, 1.54) is 29.3 Å². The number of likely N-dealkylation sites (tertiary alicyclic amines) is 1. The van der Waals surface area contributed by atoms with Crippen LogP contribution in [0, 0.1) is 11.8 Å². The lowest BCUT2D eigenvalue weighted by Crippen LogP contribution is -2.41. The van der Waals surface area contributed by atoms with Gasteiger partial charge in [0.1, 0.15) is 11.3 Å². The van der Waals surface area contributed by atoms with Gasteiger partial charge in [0.05, 0.1) is 24.4 Å². The number of amides is 1. The zero-order chi connectivity index (χ0) is 28.7. The molecule has 2 aromatic heterocycles. The summed E-state index contributed by atoms with van der Waals surface area (Å²) in [6, 6.07) is 13.2. The van der Waals surface area contributed by atoms with Crippen LogP contribution in [0.4, 0.5) is 0 Å². The summed E-state index contributed by atoms with van der Waals surface area (Å²) in [5, 5.41) is 11.3. The first-order valence-corrected chi connectivity index (χ1v) is 15.8. The van der Waals surface area contributed by atoms with Crippen LogP contribution in [0.2, 0.25) is 0 Å². The van der Waals surface area contributed by atoms with Gasteiger partial charge in [-0.1, -0.05) is 12.1 Å². The third-order valence-electron chi connectivity index (χ3n) is 10.8. The van der Waals surface area contributed by atoms with Crippen LogP contribution >= 0.6 is 0 Å². The lowest BCUT2D eigenvalue weighted by Gasteiger charge is -2.27. The van der Waals surface area contributed by atoms with Gasteiger partial charge in [-0.05, 0) is 98.9 Å². The highest BCUT2D eigenvalue weighted by Crippen LogP contribution is 2.41. The Morgan fingerprint density at radius 3 is 2.55 bits per heavy atom. The zero-order valence-corrected chi connectivity index (χ0v) is 24.6. The van der Waals surface area contributed by atoms with Crippen LogP contribution in [-0.4, -0.2) is 61.9 Å². The molecule has 1 aliphatic heterocycles. The summed E-state index contributed by atoms with van der Waals surface area (Å²) >= 11 is 0. The molecule has 3 saturated carbocycles. The molecule has 1 saturated heterocycles. The highest BCUT2D eigenvalue weighted by molar-refractivity contribution is 6.00. The van der Waals surface area contributed by atoms with Crippen LogP contribution in [0.1, 0.15) is 73.2 Å². The number of carbonyl (C=O) groups is 1. The number of aromatic nitrogens is 3. The number of methoxy groups -OCH3 is 1. The molecule has 3 atom stereocenters. The van der Waals surface area contributed by atoms with Crippen molar-refractivity contribution in [2.75, 3.05) is 13.7 Å². The largest absolute Gasteiger partial charge is 0.494 e. The minimum absolute atomic E-state index is 0.0238. The van der Waals surface area contributed by atoms with E-state index in [-0.39, 0.29) is 24.1 Å². The lowest BCUT2D eigenvalue weighted by molar-refractivity contribution is 0.0700. The maximum absolute atomic E-state index is 13.7. The van der Waals surface area contributed by atoms with E-state index in [9.17, 15) is 9.90 Å². The third kappa shape index (κ3) is 4.17. The monoisotopic (exact) mass is 567 g/mol. The number of aryl methyl sites for hydroxylation is 1. The van der Waals surface area contributed by atoms with Gasteiger partial charge < -0.3 is 29.6 Å². The Kier molecular flexibility index (Phi) is 6.16. The minimum atomic E-state index is -0.149. The summed E-state index contributed by atoms with van der Waals surface area (Å²) in [6.45, 7) is 1.72. The van der Waals surface area contributed by atoms with Gasteiger partial charge in [-0.25, -0.2) is 4.98 Å². The molecule has 4 aliphatic rings. The van der Waals surface area contributed by atoms with Crippen molar-refractivity contribution in [1.82, 2.24) is 19.0 Å². The van der Waals surface area contributed by atoms with E-state index in [1.54, 1.807) is 7.11 Å². The molecule has 2 bridgehead atoms. The van der Waals surface area contributed by atoms with Gasteiger partial charge >= 0.3 is 0 Å². The Morgan fingerprint density at radius 2 is 1.86 bits per heavy atom. The predicted octanol–water partition coefficient (Wildman–Crippen LogP) is 5.19. The van der Waals surface area contributed by atoms with Crippen molar-refractivity contribution in [3.05, 3.63) is 47.5 Å². The van der Waals surface area contributed by atoms with Crippen molar-refractivity contribution in [1.29, 1.82) is 0 Å². The van der Waals surface area contributed by atoms with Gasteiger partial charge in [-0.2, -0.15) is 0 Å². The Morgan fingerprint density at radius 1 is 1.05 bits per heavy atom. The summed E-state index contributed by atoms with van der Waals surface area (Å²) < 4.78 is 10.5. The number of rotatable bonds is 6. The van der Waals surface area contributed by atoms with Crippen LogP contribution in [0.15, 0.2) is 36.4 Å². The SMILES string of the molecule is COc1cc(C(=O)N2CC3CCC2[C@@H]3N)cc2nc(-c3cc4ccc(C5CCC(O)CC5)cc4n3CC3CC3)n(C)c12. The first kappa shape index (κ1) is 26.3. The molecule has 4 aromatic rings. The van der Waals surface area contributed by atoms with Crippen LogP contribution in [0.5, 0.6) is 5.75 Å². The van der Waals surface area contributed by atoms with Crippen molar-refractivity contribution in [2.45, 2.75) is 82.0 Å². The van der Waals surface area contributed by atoms with E-state index >= 15 is 0 Å². The van der Waals surface area contributed by atoms with Gasteiger partial charge in [-0.3, -0.25) is 4.79 Å². The third-order valence-corrected chi connectivity index (χ3v) is 10.8. The average Bonchev–Trinajstić information content (AvgIpc) is 3.41. The molecular weight excluding hydrogens is 526 g/mol. The molecule has 2 aromatic carbocycles. The van der Waals surface area contributed by atoms with Crippen LogP contribution < -0.4 is 10.5 Å². The topological polar surface area (TPSA) is 98.5 Å². The normalized spacial score (nSPS) is 27.4. The molecule has 220 valence electrons. The van der Waals surface area contributed by atoms with Crippen LogP contribution in [-0.2, 0) is 13.6 Å². The van der Waals surface area contributed by atoms with E-state index in [1.807, 2.05) is 24.1 Å². The summed E-state index contributed by atoms with van der Waals surface area (Å²) in [4.78, 5) is 20.8. The van der Waals surface area contributed by atoms with Crippen molar-refractivity contribution < 1.29 is 14.6 Å².